The fourth-order valence-electron chi connectivity index (χ4n) is 1.88. The molecule has 3 nitrogen and oxygen atoms in total. The van der Waals surface area contributed by atoms with E-state index in [9.17, 15) is 4.39 Å². The minimum atomic E-state index is -0.703. The molecule has 0 bridgehead atoms. The fraction of sp³-hybridized carbons (Fsp3) is 0.643. The number of nitrogens with zero attached hydrogens (tertiary/aromatic N) is 1. The molecule has 1 aliphatic rings. The zero-order chi connectivity index (χ0) is 15.1. The molecule has 6 heteroatoms. The molecule has 0 saturated carbocycles. The number of hydrogen-bond donors (Lipinski definition) is 0. The number of thioether (sulfide) groups is 1. The first kappa shape index (κ1) is 15.8. The van der Waals surface area contributed by atoms with E-state index in [1.165, 1.54) is 11.8 Å². The third-order valence-corrected chi connectivity index (χ3v) is 4.66. The number of halogens is 1. The second-order valence-electron chi connectivity index (χ2n) is 6.28. The SMILES string of the molecule is CC(C)Sc1ccc(B2OC(C)(C)C(C)(C)O2)c(F)n1. The number of aromatic nitrogens is 1. The minimum Gasteiger partial charge on any atom is -0.399 e. The van der Waals surface area contributed by atoms with Gasteiger partial charge in [0.25, 0.3) is 0 Å². The minimum absolute atomic E-state index is 0.358. The van der Waals surface area contributed by atoms with Crippen LogP contribution in [0.1, 0.15) is 41.5 Å². The average Bonchev–Trinajstić information content (AvgIpc) is 2.46. The van der Waals surface area contributed by atoms with Crippen LogP contribution < -0.4 is 5.46 Å². The molecule has 2 heterocycles. The van der Waals surface area contributed by atoms with Crippen LogP contribution in [0.2, 0.25) is 0 Å². The summed E-state index contributed by atoms with van der Waals surface area (Å²) in [5.41, 5.74) is -0.595. The topological polar surface area (TPSA) is 31.4 Å². The van der Waals surface area contributed by atoms with Gasteiger partial charge in [-0.1, -0.05) is 19.9 Å². The molecule has 2 rings (SSSR count). The predicted molar refractivity (Wildman–Crippen MR) is 80.9 cm³/mol. The lowest BCUT2D eigenvalue weighted by molar-refractivity contribution is 0.00578. The Morgan fingerprint density at radius 3 is 2.15 bits per heavy atom. The Bertz CT molecular complexity index is 492. The van der Waals surface area contributed by atoms with Gasteiger partial charge < -0.3 is 9.31 Å². The van der Waals surface area contributed by atoms with Crippen molar-refractivity contribution in [2.45, 2.75) is 63.0 Å². The molecule has 1 aliphatic heterocycles. The van der Waals surface area contributed by atoms with Crippen LogP contribution in [0.3, 0.4) is 0 Å². The highest BCUT2D eigenvalue weighted by molar-refractivity contribution is 7.99. The Labute approximate surface area is 124 Å². The summed E-state index contributed by atoms with van der Waals surface area (Å²) in [6, 6.07) is 3.52. The maximum absolute atomic E-state index is 14.2. The summed E-state index contributed by atoms with van der Waals surface area (Å²) in [6.45, 7) is 11.9. The summed E-state index contributed by atoms with van der Waals surface area (Å²) >= 11 is 1.53. The third-order valence-electron chi connectivity index (χ3n) is 3.72. The molecule has 20 heavy (non-hydrogen) atoms. The van der Waals surface area contributed by atoms with Gasteiger partial charge >= 0.3 is 7.12 Å². The van der Waals surface area contributed by atoms with E-state index in [4.69, 9.17) is 9.31 Å². The lowest BCUT2D eigenvalue weighted by atomic mass is 9.80. The molecular formula is C14H21BFNO2S. The van der Waals surface area contributed by atoms with Crippen LogP contribution in [0.25, 0.3) is 0 Å². The molecular weight excluding hydrogens is 276 g/mol. The Balaban J connectivity index is 2.23. The highest BCUT2D eigenvalue weighted by Gasteiger charge is 2.52. The maximum Gasteiger partial charge on any atom is 0.499 e. The van der Waals surface area contributed by atoms with Gasteiger partial charge in [-0.05, 0) is 33.8 Å². The van der Waals surface area contributed by atoms with Crippen molar-refractivity contribution in [2.75, 3.05) is 0 Å². The quantitative estimate of drug-likeness (QED) is 0.487. The standard InChI is InChI=1S/C14H21BFNO2S/c1-9(2)20-11-8-7-10(12(16)17-11)15-18-13(3,4)14(5,6)19-15/h7-9H,1-6H3. The van der Waals surface area contributed by atoms with Crippen LogP contribution in [0.5, 0.6) is 0 Å². The molecule has 0 unspecified atom stereocenters. The fourth-order valence-corrected chi connectivity index (χ4v) is 2.64. The molecule has 0 amide bonds. The Hall–Kier alpha value is -0.585. The third kappa shape index (κ3) is 3.02. The van der Waals surface area contributed by atoms with Gasteiger partial charge in [0.05, 0.1) is 16.2 Å². The van der Waals surface area contributed by atoms with Crippen LogP contribution in [0.4, 0.5) is 4.39 Å². The number of rotatable bonds is 3. The summed E-state index contributed by atoms with van der Waals surface area (Å²) in [6.07, 6.45) is 0. The van der Waals surface area contributed by atoms with Gasteiger partial charge in [-0.25, -0.2) is 4.98 Å². The van der Waals surface area contributed by atoms with Gasteiger partial charge in [-0.2, -0.15) is 4.39 Å². The normalized spacial score (nSPS) is 20.7. The van der Waals surface area contributed by atoms with Crippen LogP contribution in [-0.2, 0) is 9.31 Å². The summed E-state index contributed by atoms with van der Waals surface area (Å²) in [7, 11) is -0.703. The van der Waals surface area contributed by atoms with E-state index in [1.54, 1.807) is 6.07 Å². The Kier molecular flexibility index (Phi) is 4.20. The van der Waals surface area contributed by atoms with Crippen molar-refractivity contribution >= 4 is 24.3 Å². The van der Waals surface area contributed by atoms with E-state index in [1.807, 2.05) is 47.6 Å². The van der Waals surface area contributed by atoms with E-state index >= 15 is 0 Å². The largest absolute Gasteiger partial charge is 0.499 e. The van der Waals surface area contributed by atoms with Gasteiger partial charge in [0.1, 0.15) is 0 Å². The second-order valence-corrected chi connectivity index (χ2v) is 7.88. The van der Waals surface area contributed by atoms with Gasteiger partial charge in [-0.3, -0.25) is 0 Å². The molecule has 0 aromatic carbocycles. The predicted octanol–water partition coefficient (Wildman–Crippen LogP) is 3.02. The highest BCUT2D eigenvalue weighted by Crippen LogP contribution is 2.36. The van der Waals surface area contributed by atoms with Gasteiger partial charge in [0.2, 0.25) is 5.95 Å². The molecule has 1 saturated heterocycles. The van der Waals surface area contributed by atoms with Crippen molar-refractivity contribution in [3.05, 3.63) is 18.1 Å². The lowest BCUT2D eigenvalue weighted by Crippen LogP contribution is -2.41. The van der Waals surface area contributed by atoms with E-state index in [0.29, 0.717) is 15.7 Å². The monoisotopic (exact) mass is 297 g/mol. The van der Waals surface area contributed by atoms with E-state index in [0.717, 1.165) is 0 Å². The van der Waals surface area contributed by atoms with Crippen molar-refractivity contribution < 1.29 is 13.7 Å². The molecule has 0 spiro atoms. The number of hydrogen-bond acceptors (Lipinski definition) is 4. The van der Waals surface area contributed by atoms with E-state index < -0.39 is 24.3 Å². The van der Waals surface area contributed by atoms with Crippen LogP contribution in [-0.4, -0.2) is 28.6 Å². The van der Waals surface area contributed by atoms with Crippen molar-refractivity contribution in [1.82, 2.24) is 4.98 Å². The first-order valence-electron chi connectivity index (χ1n) is 6.81. The molecule has 110 valence electrons. The smallest absolute Gasteiger partial charge is 0.399 e. The summed E-state index contributed by atoms with van der Waals surface area (Å²) in [5, 5.41) is 1.04. The lowest BCUT2D eigenvalue weighted by Gasteiger charge is -2.32. The average molecular weight is 297 g/mol. The molecule has 1 fully saturated rings. The van der Waals surface area contributed by atoms with Gasteiger partial charge in [0, 0.05) is 10.7 Å². The van der Waals surface area contributed by atoms with E-state index in [-0.39, 0.29) is 0 Å². The molecule has 1 aromatic rings. The molecule has 0 atom stereocenters. The molecule has 1 aromatic heterocycles. The van der Waals surface area contributed by atoms with E-state index in [2.05, 4.69) is 4.98 Å². The first-order valence-corrected chi connectivity index (χ1v) is 7.69. The molecule has 0 aliphatic carbocycles. The second kappa shape index (κ2) is 5.32. The maximum atomic E-state index is 14.2. The molecule has 0 radical (unpaired) electrons. The highest BCUT2D eigenvalue weighted by atomic mass is 32.2. The van der Waals surface area contributed by atoms with Crippen LogP contribution in [0.15, 0.2) is 17.2 Å². The summed E-state index contributed by atoms with van der Waals surface area (Å²) in [5.74, 6) is -0.519. The zero-order valence-electron chi connectivity index (χ0n) is 12.9. The first-order chi connectivity index (χ1) is 9.12. The van der Waals surface area contributed by atoms with Crippen molar-refractivity contribution in [3.63, 3.8) is 0 Å². The van der Waals surface area contributed by atoms with Gasteiger partial charge in [0.15, 0.2) is 0 Å². The Morgan fingerprint density at radius 1 is 1.15 bits per heavy atom. The number of pyridine rings is 1. The summed E-state index contributed by atoms with van der Waals surface area (Å²) < 4.78 is 25.9. The van der Waals surface area contributed by atoms with Crippen LogP contribution >= 0.6 is 11.8 Å². The molecule has 0 N–H and O–H groups in total. The van der Waals surface area contributed by atoms with Crippen molar-refractivity contribution in [1.29, 1.82) is 0 Å². The van der Waals surface area contributed by atoms with Gasteiger partial charge in [-0.15, -0.1) is 11.8 Å². The van der Waals surface area contributed by atoms with Crippen molar-refractivity contribution in [2.24, 2.45) is 0 Å². The van der Waals surface area contributed by atoms with Crippen molar-refractivity contribution in [3.8, 4) is 0 Å². The Morgan fingerprint density at radius 2 is 1.70 bits per heavy atom. The zero-order valence-corrected chi connectivity index (χ0v) is 13.7. The van der Waals surface area contributed by atoms with Crippen LogP contribution in [0, 0.1) is 5.95 Å². The summed E-state index contributed by atoms with van der Waals surface area (Å²) in [4.78, 5) is 3.99.